The number of ether oxygens (including phenoxy) is 1. The molecule has 5 heteroatoms. The van der Waals surface area contributed by atoms with Crippen LogP contribution in [0.3, 0.4) is 0 Å². The first-order chi connectivity index (χ1) is 8.77. The molecule has 0 amide bonds. The van der Waals surface area contributed by atoms with Gasteiger partial charge >= 0.3 is 0 Å². The molecule has 0 spiro atoms. The number of hydrogen-bond donors (Lipinski definition) is 0. The Bertz CT molecular complexity index is 536. The van der Waals surface area contributed by atoms with Crippen LogP contribution >= 0.6 is 0 Å². The molecule has 0 unspecified atom stereocenters. The molecule has 96 valence electrons. The monoisotopic (exact) mass is 247 g/mol. The highest BCUT2D eigenvalue weighted by Crippen LogP contribution is 2.18. The average Bonchev–Trinajstić information content (AvgIpc) is 2.77. The van der Waals surface area contributed by atoms with E-state index in [2.05, 4.69) is 4.98 Å². The van der Waals surface area contributed by atoms with Gasteiger partial charge in [0.15, 0.2) is 12.1 Å². The van der Waals surface area contributed by atoms with Crippen molar-refractivity contribution in [1.82, 2.24) is 9.38 Å². The van der Waals surface area contributed by atoms with Crippen molar-refractivity contribution in [2.75, 3.05) is 31.7 Å². The zero-order valence-electron chi connectivity index (χ0n) is 10.7. The van der Waals surface area contributed by atoms with E-state index in [1.54, 1.807) is 4.40 Å². The van der Waals surface area contributed by atoms with Crippen molar-refractivity contribution in [1.29, 1.82) is 0 Å². The highest BCUT2D eigenvalue weighted by Gasteiger charge is 2.14. The topological polar surface area (TPSA) is 46.8 Å². The van der Waals surface area contributed by atoms with E-state index in [-0.39, 0.29) is 0 Å². The molecule has 0 saturated heterocycles. The van der Waals surface area contributed by atoms with E-state index in [9.17, 15) is 4.79 Å². The van der Waals surface area contributed by atoms with Gasteiger partial charge < -0.3 is 9.64 Å². The maximum atomic E-state index is 11.2. The number of carbonyl (C=O) groups excluding carboxylic acids is 1. The van der Waals surface area contributed by atoms with Gasteiger partial charge in [-0.25, -0.2) is 4.98 Å². The van der Waals surface area contributed by atoms with E-state index in [4.69, 9.17) is 4.74 Å². The SMILES string of the molecule is CCOCCN(C)c1nc2ccccn2c1C=O. The summed E-state index contributed by atoms with van der Waals surface area (Å²) in [5.74, 6) is 0.691. The smallest absolute Gasteiger partial charge is 0.170 e. The lowest BCUT2D eigenvalue weighted by Gasteiger charge is -2.16. The number of aromatic nitrogens is 2. The van der Waals surface area contributed by atoms with Gasteiger partial charge in [-0.2, -0.15) is 0 Å². The fourth-order valence-electron chi connectivity index (χ4n) is 1.84. The summed E-state index contributed by atoms with van der Waals surface area (Å²) in [7, 11) is 1.91. The minimum absolute atomic E-state index is 0.574. The maximum absolute atomic E-state index is 11.2. The van der Waals surface area contributed by atoms with Crippen LogP contribution in [-0.4, -0.2) is 42.5 Å². The minimum atomic E-state index is 0.574. The predicted octanol–water partition coefficient (Wildman–Crippen LogP) is 1.62. The molecule has 2 heterocycles. The number of nitrogens with zero attached hydrogens (tertiary/aromatic N) is 3. The Hall–Kier alpha value is -1.88. The number of imidazole rings is 1. The number of pyridine rings is 1. The van der Waals surface area contributed by atoms with Crippen LogP contribution < -0.4 is 4.90 Å². The summed E-state index contributed by atoms with van der Waals surface area (Å²) in [6.45, 7) is 3.99. The zero-order valence-corrected chi connectivity index (χ0v) is 10.7. The van der Waals surface area contributed by atoms with Gasteiger partial charge in [0, 0.05) is 26.4 Å². The second kappa shape index (κ2) is 5.64. The van der Waals surface area contributed by atoms with Gasteiger partial charge in [0.25, 0.3) is 0 Å². The molecule has 0 fully saturated rings. The second-order valence-corrected chi connectivity index (χ2v) is 3.99. The fraction of sp³-hybridized carbons (Fsp3) is 0.385. The Morgan fingerprint density at radius 1 is 1.50 bits per heavy atom. The van der Waals surface area contributed by atoms with E-state index in [1.165, 1.54) is 0 Å². The Balaban J connectivity index is 2.29. The van der Waals surface area contributed by atoms with Gasteiger partial charge in [-0.05, 0) is 19.1 Å². The first-order valence-corrected chi connectivity index (χ1v) is 5.99. The third-order valence-electron chi connectivity index (χ3n) is 2.80. The summed E-state index contributed by atoms with van der Waals surface area (Å²) in [5, 5.41) is 0. The van der Waals surface area contributed by atoms with E-state index in [1.807, 2.05) is 43.3 Å². The number of fused-ring (bicyclic) bond motifs is 1. The third-order valence-corrected chi connectivity index (χ3v) is 2.80. The van der Waals surface area contributed by atoms with Crippen LogP contribution in [0.2, 0.25) is 0 Å². The Morgan fingerprint density at radius 2 is 2.33 bits per heavy atom. The summed E-state index contributed by atoms with van der Waals surface area (Å²) in [4.78, 5) is 17.6. The van der Waals surface area contributed by atoms with E-state index < -0.39 is 0 Å². The lowest BCUT2D eigenvalue weighted by Crippen LogP contribution is -2.24. The predicted molar refractivity (Wildman–Crippen MR) is 70.3 cm³/mol. The highest BCUT2D eigenvalue weighted by molar-refractivity contribution is 5.83. The van der Waals surface area contributed by atoms with Gasteiger partial charge in [-0.1, -0.05) is 6.07 Å². The summed E-state index contributed by atoms with van der Waals surface area (Å²) in [6, 6.07) is 5.67. The highest BCUT2D eigenvalue weighted by atomic mass is 16.5. The molecule has 2 aromatic rings. The summed E-state index contributed by atoms with van der Waals surface area (Å²) >= 11 is 0. The quantitative estimate of drug-likeness (QED) is 0.575. The number of likely N-dealkylation sites (N-methyl/N-ethyl adjacent to an activating group) is 1. The molecule has 5 nitrogen and oxygen atoms in total. The number of aldehydes is 1. The molecule has 0 aromatic carbocycles. The molecular weight excluding hydrogens is 230 g/mol. The van der Waals surface area contributed by atoms with E-state index >= 15 is 0 Å². The Morgan fingerprint density at radius 3 is 3.06 bits per heavy atom. The van der Waals surface area contributed by atoms with Gasteiger partial charge in [0.2, 0.25) is 0 Å². The van der Waals surface area contributed by atoms with Crippen molar-refractivity contribution in [2.45, 2.75) is 6.92 Å². The molecule has 2 rings (SSSR count). The van der Waals surface area contributed by atoms with Gasteiger partial charge in [0.1, 0.15) is 11.3 Å². The Kier molecular flexibility index (Phi) is 3.94. The van der Waals surface area contributed by atoms with Crippen molar-refractivity contribution in [3.05, 3.63) is 30.1 Å². The summed E-state index contributed by atoms with van der Waals surface area (Å²) in [6.07, 6.45) is 2.68. The van der Waals surface area contributed by atoms with Crippen LogP contribution in [0.15, 0.2) is 24.4 Å². The van der Waals surface area contributed by atoms with Crippen LogP contribution in [0.25, 0.3) is 5.65 Å². The Labute approximate surface area is 106 Å². The van der Waals surface area contributed by atoms with Crippen molar-refractivity contribution >= 4 is 17.8 Å². The van der Waals surface area contributed by atoms with Crippen LogP contribution in [0.1, 0.15) is 17.4 Å². The van der Waals surface area contributed by atoms with Gasteiger partial charge in [0.05, 0.1) is 6.61 Å². The lowest BCUT2D eigenvalue weighted by molar-refractivity contribution is 0.111. The first-order valence-electron chi connectivity index (χ1n) is 5.99. The number of rotatable bonds is 6. The fourth-order valence-corrected chi connectivity index (χ4v) is 1.84. The van der Waals surface area contributed by atoms with E-state index in [0.29, 0.717) is 31.3 Å². The van der Waals surface area contributed by atoms with E-state index in [0.717, 1.165) is 11.9 Å². The summed E-state index contributed by atoms with van der Waals surface area (Å²) in [5.41, 5.74) is 1.35. The molecule has 0 N–H and O–H groups in total. The van der Waals surface area contributed by atoms with Gasteiger partial charge in [-0.3, -0.25) is 9.20 Å². The molecule has 0 radical (unpaired) electrons. The molecule has 18 heavy (non-hydrogen) atoms. The molecule has 0 aliphatic heterocycles. The minimum Gasteiger partial charge on any atom is -0.380 e. The first kappa shape index (κ1) is 12.6. The molecule has 0 saturated carbocycles. The molecule has 0 atom stereocenters. The number of carbonyl (C=O) groups is 1. The van der Waals surface area contributed by atoms with Crippen LogP contribution in [0.4, 0.5) is 5.82 Å². The second-order valence-electron chi connectivity index (χ2n) is 3.99. The van der Waals surface area contributed by atoms with Crippen LogP contribution in [0, 0.1) is 0 Å². The zero-order chi connectivity index (χ0) is 13.0. The van der Waals surface area contributed by atoms with Crippen molar-refractivity contribution < 1.29 is 9.53 Å². The normalized spacial score (nSPS) is 10.8. The molecule has 0 aliphatic carbocycles. The van der Waals surface area contributed by atoms with Crippen molar-refractivity contribution in [2.24, 2.45) is 0 Å². The largest absolute Gasteiger partial charge is 0.380 e. The number of anilines is 1. The third kappa shape index (κ3) is 2.36. The average molecular weight is 247 g/mol. The number of hydrogen-bond acceptors (Lipinski definition) is 4. The molecule has 2 aromatic heterocycles. The molecule has 0 aliphatic rings. The van der Waals surface area contributed by atoms with Crippen molar-refractivity contribution in [3.8, 4) is 0 Å². The lowest BCUT2D eigenvalue weighted by atomic mass is 10.4. The molecular formula is C13H17N3O2. The standard InChI is InChI=1S/C13H17N3O2/c1-3-18-9-8-15(2)13-11(10-17)16-7-5-4-6-12(16)14-13/h4-7,10H,3,8-9H2,1-2H3. The van der Waals surface area contributed by atoms with Crippen LogP contribution in [-0.2, 0) is 4.74 Å². The van der Waals surface area contributed by atoms with Crippen molar-refractivity contribution in [3.63, 3.8) is 0 Å². The summed E-state index contributed by atoms with van der Waals surface area (Å²) < 4.78 is 7.10. The van der Waals surface area contributed by atoms with Crippen LogP contribution in [0.5, 0.6) is 0 Å². The maximum Gasteiger partial charge on any atom is 0.170 e. The molecule has 0 bridgehead atoms. The van der Waals surface area contributed by atoms with Gasteiger partial charge in [-0.15, -0.1) is 0 Å².